The van der Waals surface area contributed by atoms with E-state index in [-0.39, 0.29) is 11.9 Å². The van der Waals surface area contributed by atoms with Crippen molar-refractivity contribution in [3.63, 3.8) is 0 Å². The zero-order valence-corrected chi connectivity index (χ0v) is 14.8. The number of carbonyl (C=O) groups is 1. The highest BCUT2D eigenvalue weighted by Crippen LogP contribution is 2.40. The first-order valence-corrected chi connectivity index (χ1v) is 9.64. The Morgan fingerprint density at radius 2 is 2.15 bits per heavy atom. The first-order chi connectivity index (χ1) is 12.8. The normalized spacial score (nSPS) is 22.9. The molecule has 1 amide bonds. The molecule has 0 unspecified atom stereocenters. The average molecular weight is 356 g/mol. The summed E-state index contributed by atoms with van der Waals surface area (Å²) in [5.41, 5.74) is 1.45. The molecule has 0 radical (unpaired) electrons. The summed E-state index contributed by atoms with van der Waals surface area (Å²) in [6.45, 7) is 2.53. The molecule has 2 aromatic heterocycles. The molecular formula is C19H24N4O3. The molecule has 138 valence electrons. The van der Waals surface area contributed by atoms with E-state index in [1.165, 1.54) is 19.3 Å². The third kappa shape index (κ3) is 3.05. The van der Waals surface area contributed by atoms with Gasteiger partial charge in [0.25, 0.3) is 5.91 Å². The van der Waals surface area contributed by atoms with Crippen LogP contribution in [0.3, 0.4) is 0 Å². The molecule has 7 nitrogen and oxygen atoms in total. The van der Waals surface area contributed by atoms with Gasteiger partial charge >= 0.3 is 0 Å². The Hall–Kier alpha value is -2.15. The lowest BCUT2D eigenvalue weighted by molar-refractivity contribution is 0.0274. The second-order valence-electron chi connectivity index (χ2n) is 7.83. The van der Waals surface area contributed by atoms with Crippen molar-refractivity contribution in [2.75, 3.05) is 19.8 Å². The van der Waals surface area contributed by atoms with E-state index in [1.54, 1.807) is 6.20 Å². The first kappa shape index (κ1) is 16.1. The van der Waals surface area contributed by atoms with Gasteiger partial charge in [0.05, 0.1) is 24.9 Å². The Kier molecular flexibility index (Phi) is 4.04. The van der Waals surface area contributed by atoms with E-state index >= 15 is 0 Å². The molecule has 0 N–H and O–H groups in total. The van der Waals surface area contributed by atoms with E-state index in [2.05, 4.69) is 10.3 Å². The summed E-state index contributed by atoms with van der Waals surface area (Å²) in [4.78, 5) is 14.7. The molecule has 1 aliphatic heterocycles. The van der Waals surface area contributed by atoms with E-state index in [9.17, 15) is 4.79 Å². The third-order valence-electron chi connectivity index (χ3n) is 5.79. The summed E-state index contributed by atoms with van der Waals surface area (Å²) in [5.74, 6) is 1.94. The fourth-order valence-corrected chi connectivity index (χ4v) is 3.81. The Morgan fingerprint density at radius 1 is 1.27 bits per heavy atom. The smallest absolute Gasteiger partial charge is 0.276 e. The van der Waals surface area contributed by atoms with Gasteiger partial charge in [0, 0.05) is 31.3 Å². The predicted molar refractivity (Wildman–Crippen MR) is 92.6 cm³/mol. The van der Waals surface area contributed by atoms with Gasteiger partial charge in [-0.1, -0.05) is 11.6 Å². The number of fused-ring (bicyclic) bond motifs is 1. The maximum Gasteiger partial charge on any atom is 0.276 e. The maximum absolute atomic E-state index is 12.9. The van der Waals surface area contributed by atoms with Crippen LogP contribution in [0.5, 0.6) is 0 Å². The molecule has 1 atom stereocenters. The van der Waals surface area contributed by atoms with E-state index in [4.69, 9.17) is 9.26 Å². The summed E-state index contributed by atoms with van der Waals surface area (Å²) < 4.78 is 13.3. The molecule has 2 fully saturated rings. The molecule has 0 saturated heterocycles. The molecule has 3 heterocycles. The minimum absolute atomic E-state index is 0.0487. The molecule has 2 aliphatic carbocycles. The van der Waals surface area contributed by atoms with Crippen molar-refractivity contribution >= 4 is 5.91 Å². The molecule has 0 bridgehead atoms. The number of carbonyl (C=O) groups excluding carboxylic acids is 1. The Bertz CT molecular complexity index is 790. The van der Waals surface area contributed by atoms with Crippen molar-refractivity contribution in [2.24, 2.45) is 5.92 Å². The fraction of sp³-hybridized carbons (Fsp3) is 0.632. The summed E-state index contributed by atoms with van der Waals surface area (Å²) in [6.07, 6.45) is 7.93. The second-order valence-corrected chi connectivity index (χ2v) is 7.83. The number of aromatic nitrogens is 3. The van der Waals surface area contributed by atoms with Crippen molar-refractivity contribution in [1.29, 1.82) is 0 Å². The van der Waals surface area contributed by atoms with Crippen molar-refractivity contribution in [2.45, 2.75) is 50.6 Å². The van der Waals surface area contributed by atoms with Crippen LogP contribution in [0.1, 0.15) is 66.0 Å². The zero-order valence-electron chi connectivity index (χ0n) is 14.8. The van der Waals surface area contributed by atoms with Crippen LogP contribution in [0.4, 0.5) is 0 Å². The van der Waals surface area contributed by atoms with Crippen LogP contribution in [0, 0.1) is 5.92 Å². The van der Waals surface area contributed by atoms with Gasteiger partial charge < -0.3 is 14.2 Å². The molecule has 2 saturated carbocycles. The van der Waals surface area contributed by atoms with E-state index < -0.39 is 0 Å². The number of amides is 1. The zero-order chi connectivity index (χ0) is 17.5. The van der Waals surface area contributed by atoms with Gasteiger partial charge in [-0.3, -0.25) is 9.48 Å². The van der Waals surface area contributed by atoms with Crippen LogP contribution in [0.15, 0.2) is 22.9 Å². The maximum atomic E-state index is 12.9. The lowest BCUT2D eigenvalue weighted by atomic mass is 9.86. The molecule has 7 heteroatoms. The van der Waals surface area contributed by atoms with Crippen molar-refractivity contribution in [1.82, 2.24) is 19.8 Å². The molecule has 2 aromatic rings. The molecule has 0 spiro atoms. The monoisotopic (exact) mass is 356 g/mol. The topological polar surface area (TPSA) is 73.4 Å². The van der Waals surface area contributed by atoms with Crippen molar-refractivity contribution in [3.05, 3.63) is 35.5 Å². The molecule has 0 aromatic carbocycles. The molecule has 5 rings (SSSR count). The minimum atomic E-state index is -0.0721. The molecular weight excluding hydrogens is 332 g/mol. The molecule has 3 aliphatic rings. The van der Waals surface area contributed by atoms with Crippen LogP contribution in [0.2, 0.25) is 0 Å². The number of ether oxygens (including phenoxy) is 1. The number of rotatable bonds is 6. The first-order valence-electron chi connectivity index (χ1n) is 9.64. The predicted octanol–water partition coefficient (Wildman–Crippen LogP) is 2.76. The van der Waals surface area contributed by atoms with Gasteiger partial charge in [-0.05, 0) is 37.7 Å². The van der Waals surface area contributed by atoms with Gasteiger partial charge in [-0.2, -0.15) is 5.10 Å². The van der Waals surface area contributed by atoms with Crippen LogP contribution < -0.4 is 0 Å². The van der Waals surface area contributed by atoms with E-state index in [0.29, 0.717) is 37.2 Å². The largest absolute Gasteiger partial charge is 0.379 e. The highest BCUT2D eigenvalue weighted by atomic mass is 16.5. The Balaban J connectivity index is 1.27. The highest BCUT2D eigenvalue weighted by molar-refractivity contribution is 5.92. The Labute approximate surface area is 152 Å². The van der Waals surface area contributed by atoms with Gasteiger partial charge in [0.15, 0.2) is 5.69 Å². The van der Waals surface area contributed by atoms with Crippen molar-refractivity contribution in [3.8, 4) is 0 Å². The highest BCUT2D eigenvalue weighted by Gasteiger charge is 2.33. The SMILES string of the molecule is O=C(c1cc(C2CC2)on1)N1Cc2ccnn2[C@@H](COCC2CCC2)C1. The summed E-state index contributed by atoms with van der Waals surface area (Å²) in [6, 6.07) is 3.83. The summed E-state index contributed by atoms with van der Waals surface area (Å²) in [7, 11) is 0. The lowest BCUT2D eigenvalue weighted by Crippen LogP contribution is -2.43. The quantitative estimate of drug-likeness (QED) is 0.796. The van der Waals surface area contributed by atoms with Gasteiger partial charge in [0.2, 0.25) is 0 Å². The number of hydrogen-bond donors (Lipinski definition) is 0. The molecule has 26 heavy (non-hydrogen) atoms. The minimum Gasteiger partial charge on any atom is -0.379 e. The summed E-state index contributed by atoms with van der Waals surface area (Å²) in [5, 5.41) is 8.44. The second kappa shape index (κ2) is 6.54. The Morgan fingerprint density at radius 3 is 2.92 bits per heavy atom. The van der Waals surface area contributed by atoms with Gasteiger partial charge in [-0.25, -0.2) is 0 Å². The van der Waals surface area contributed by atoms with E-state index in [0.717, 1.165) is 30.9 Å². The van der Waals surface area contributed by atoms with Gasteiger partial charge in [0.1, 0.15) is 5.76 Å². The standard InChI is InChI=1S/C19H24N4O3/c24-19(17-8-18(26-21-17)14-4-5-14)22-9-15-6-7-20-23(15)16(10-22)12-25-11-13-2-1-3-13/h6-8,13-14,16H,1-5,9-12H2/t16-/m1/s1. The van der Waals surface area contributed by atoms with Crippen LogP contribution >= 0.6 is 0 Å². The lowest BCUT2D eigenvalue weighted by Gasteiger charge is -2.34. The van der Waals surface area contributed by atoms with Crippen molar-refractivity contribution < 1.29 is 14.1 Å². The van der Waals surface area contributed by atoms with Crippen LogP contribution in [-0.4, -0.2) is 45.5 Å². The van der Waals surface area contributed by atoms with Gasteiger partial charge in [-0.15, -0.1) is 0 Å². The average Bonchev–Trinajstić information content (AvgIpc) is 3.15. The number of nitrogens with zero attached hydrogens (tertiary/aromatic N) is 4. The number of hydrogen-bond acceptors (Lipinski definition) is 5. The van der Waals surface area contributed by atoms with E-state index in [1.807, 2.05) is 21.7 Å². The fourth-order valence-electron chi connectivity index (χ4n) is 3.81. The van der Waals surface area contributed by atoms with Crippen LogP contribution in [-0.2, 0) is 11.3 Å². The summed E-state index contributed by atoms with van der Waals surface area (Å²) >= 11 is 0. The van der Waals surface area contributed by atoms with Crippen LogP contribution in [0.25, 0.3) is 0 Å². The third-order valence-corrected chi connectivity index (χ3v) is 5.79.